The second-order valence-corrected chi connectivity index (χ2v) is 7.25. The Hall–Kier alpha value is 0.150. The van der Waals surface area contributed by atoms with Gasteiger partial charge in [-0.05, 0) is 19.8 Å². The van der Waals surface area contributed by atoms with Crippen molar-refractivity contribution >= 4 is 7.60 Å². The minimum absolute atomic E-state index is 0.470. The molecule has 0 saturated carbocycles. The number of rotatable bonds is 14. The van der Waals surface area contributed by atoms with E-state index in [0.29, 0.717) is 19.4 Å². The first-order valence-electron chi connectivity index (χ1n) is 8.06. The molecule has 0 aliphatic rings. The zero-order valence-electron chi connectivity index (χ0n) is 13.2. The molecule has 0 spiro atoms. The van der Waals surface area contributed by atoms with Crippen molar-refractivity contribution in [2.24, 2.45) is 0 Å². The summed E-state index contributed by atoms with van der Waals surface area (Å²) in [5.74, 6) is 0. The minimum Gasteiger partial charge on any atom is -0.309 e. The zero-order chi connectivity index (χ0) is 14.4. The van der Waals surface area contributed by atoms with Gasteiger partial charge in [0.25, 0.3) is 0 Å². The van der Waals surface area contributed by atoms with Crippen molar-refractivity contribution in [3.8, 4) is 0 Å². The molecular weight excluding hydrogens is 259 g/mol. The molecule has 1 unspecified atom stereocenters. The zero-order valence-corrected chi connectivity index (χ0v) is 14.1. The average molecular weight is 292 g/mol. The van der Waals surface area contributed by atoms with E-state index in [-0.39, 0.29) is 0 Å². The molecule has 0 aliphatic carbocycles. The normalized spacial score (nSPS) is 14.5. The van der Waals surface area contributed by atoms with Crippen LogP contribution in [0.25, 0.3) is 0 Å². The molecule has 19 heavy (non-hydrogen) atoms. The van der Waals surface area contributed by atoms with Crippen molar-refractivity contribution in [2.45, 2.75) is 78.6 Å². The van der Waals surface area contributed by atoms with Crippen LogP contribution in [-0.2, 0) is 13.6 Å². The number of hydrogen-bond acceptors (Lipinski definition) is 3. The Morgan fingerprint density at radius 3 is 1.89 bits per heavy atom. The van der Waals surface area contributed by atoms with Crippen LogP contribution in [0.5, 0.6) is 0 Å². The van der Waals surface area contributed by atoms with Crippen LogP contribution >= 0.6 is 7.60 Å². The average Bonchev–Trinajstić information content (AvgIpc) is 2.40. The third-order valence-corrected chi connectivity index (χ3v) is 5.24. The first-order valence-corrected chi connectivity index (χ1v) is 9.79. The van der Waals surface area contributed by atoms with Crippen LogP contribution in [0.4, 0.5) is 0 Å². The predicted molar refractivity (Wildman–Crippen MR) is 83.0 cm³/mol. The Morgan fingerprint density at radius 1 is 0.737 bits per heavy atom. The van der Waals surface area contributed by atoms with Crippen LogP contribution < -0.4 is 0 Å². The van der Waals surface area contributed by atoms with Gasteiger partial charge >= 0.3 is 7.60 Å². The summed E-state index contributed by atoms with van der Waals surface area (Å²) < 4.78 is 23.2. The minimum atomic E-state index is -2.80. The highest BCUT2D eigenvalue weighted by molar-refractivity contribution is 7.53. The SMILES string of the molecule is CCCCCCCCCOP(=O)(CCCC)OCC. The van der Waals surface area contributed by atoms with Crippen molar-refractivity contribution in [1.29, 1.82) is 0 Å². The van der Waals surface area contributed by atoms with Gasteiger partial charge < -0.3 is 9.05 Å². The van der Waals surface area contributed by atoms with Crippen LogP contribution in [0.1, 0.15) is 78.6 Å². The Labute approximate surface area is 120 Å². The lowest BCUT2D eigenvalue weighted by Crippen LogP contribution is -2.01. The van der Waals surface area contributed by atoms with Gasteiger partial charge in [0.2, 0.25) is 0 Å². The third kappa shape index (κ3) is 11.7. The molecule has 0 heterocycles. The fourth-order valence-electron chi connectivity index (χ4n) is 1.98. The number of hydrogen-bond donors (Lipinski definition) is 0. The summed E-state index contributed by atoms with van der Waals surface area (Å²) >= 11 is 0. The van der Waals surface area contributed by atoms with Gasteiger partial charge in [-0.1, -0.05) is 58.8 Å². The summed E-state index contributed by atoms with van der Waals surface area (Å²) in [5.41, 5.74) is 0. The lowest BCUT2D eigenvalue weighted by atomic mass is 10.1. The van der Waals surface area contributed by atoms with Gasteiger partial charge in [-0.25, -0.2) is 0 Å². The summed E-state index contributed by atoms with van der Waals surface area (Å²) in [6.45, 7) is 7.24. The maximum absolute atomic E-state index is 12.3. The molecule has 0 aromatic carbocycles. The first kappa shape index (κ1) is 19.1. The Morgan fingerprint density at radius 2 is 1.32 bits per heavy atom. The van der Waals surface area contributed by atoms with Gasteiger partial charge in [0.15, 0.2) is 0 Å². The molecule has 0 bridgehead atoms. The van der Waals surface area contributed by atoms with E-state index >= 15 is 0 Å². The van der Waals surface area contributed by atoms with E-state index in [1.165, 1.54) is 38.5 Å². The molecular formula is C15H33O3P. The molecule has 0 fully saturated rings. The highest BCUT2D eigenvalue weighted by atomic mass is 31.2. The molecule has 0 aromatic rings. The van der Waals surface area contributed by atoms with E-state index in [0.717, 1.165) is 19.3 Å². The van der Waals surface area contributed by atoms with E-state index < -0.39 is 7.60 Å². The fourth-order valence-corrected chi connectivity index (χ4v) is 3.81. The maximum atomic E-state index is 12.3. The molecule has 116 valence electrons. The van der Waals surface area contributed by atoms with Crippen LogP contribution in [0.2, 0.25) is 0 Å². The lowest BCUT2D eigenvalue weighted by molar-refractivity contribution is 0.207. The third-order valence-electron chi connectivity index (χ3n) is 3.15. The largest absolute Gasteiger partial charge is 0.330 e. The van der Waals surface area contributed by atoms with E-state index in [1.807, 2.05) is 6.92 Å². The maximum Gasteiger partial charge on any atom is 0.330 e. The van der Waals surface area contributed by atoms with Gasteiger partial charge in [-0.2, -0.15) is 0 Å². The fraction of sp³-hybridized carbons (Fsp3) is 1.00. The molecule has 0 aromatic heterocycles. The van der Waals surface area contributed by atoms with Gasteiger partial charge in [0.1, 0.15) is 0 Å². The molecule has 4 heteroatoms. The molecule has 0 amide bonds. The summed E-state index contributed by atoms with van der Waals surface area (Å²) in [6.07, 6.45) is 11.2. The predicted octanol–water partition coefficient (Wildman–Crippen LogP) is 5.78. The lowest BCUT2D eigenvalue weighted by Gasteiger charge is -2.17. The molecule has 0 saturated heterocycles. The van der Waals surface area contributed by atoms with Gasteiger partial charge in [-0.3, -0.25) is 4.57 Å². The molecule has 0 aliphatic heterocycles. The molecule has 0 rings (SSSR count). The smallest absolute Gasteiger partial charge is 0.309 e. The summed E-state index contributed by atoms with van der Waals surface area (Å²) in [5, 5.41) is 0. The summed E-state index contributed by atoms with van der Waals surface area (Å²) in [6, 6.07) is 0. The summed E-state index contributed by atoms with van der Waals surface area (Å²) in [4.78, 5) is 0. The first-order chi connectivity index (χ1) is 9.18. The van der Waals surface area contributed by atoms with E-state index in [4.69, 9.17) is 9.05 Å². The molecule has 1 atom stereocenters. The van der Waals surface area contributed by atoms with Crippen molar-refractivity contribution in [2.75, 3.05) is 19.4 Å². The topological polar surface area (TPSA) is 35.5 Å². The van der Waals surface area contributed by atoms with Gasteiger partial charge in [0.05, 0.1) is 19.4 Å². The Balaban J connectivity index is 3.61. The van der Waals surface area contributed by atoms with Crippen molar-refractivity contribution in [3.05, 3.63) is 0 Å². The molecule has 0 N–H and O–H groups in total. The van der Waals surface area contributed by atoms with Gasteiger partial charge in [0, 0.05) is 0 Å². The second-order valence-electron chi connectivity index (χ2n) is 5.06. The van der Waals surface area contributed by atoms with Gasteiger partial charge in [-0.15, -0.1) is 0 Å². The van der Waals surface area contributed by atoms with Crippen LogP contribution in [0, 0.1) is 0 Å². The van der Waals surface area contributed by atoms with Crippen LogP contribution in [0.15, 0.2) is 0 Å². The Kier molecular flexibility index (Phi) is 13.3. The van der Waals surface area contributed by atoms with E-state index in [1.54, 1.807) is 0 Å². The number of unbranched alkanes of at least 4 members (excludes halogenated alkanes) is 7. The standard InChI is InChI=1S/C15H33O3P/c1-4-7-9-10-11-12-13-14-18-19(16,17-6-3)15-8-5-2/h4-15H2,1-3H3. The second kappa shape index (κ2) is 13.1. The van der Waals surface area contributed by atoms with E-state index in [2.05, 4.69) is 13.8 Å². The molecule has 0 radical (unpaired) electrons. The quantitative estimate of drug-likeness (QED) is 0.300. The van der Waals surface area contributed by atoms with Crippen LogP contribution in [-0.4, -0.2) is 19.4 Å². The monoisotopic (exact) mass is 292 g/mol. The molecule has 3 nitrogen and oxygen atoms in total. The Bertz CT molecular complexity index is 231. The summed E-state index contributed by atoms with van der Waals surface area (Å²) in [7, 11) is -2.80. The van der Waals surface area contributed by atoms with Crippen molar-refractivity contribution < 1.29 is 13.6 Å². The van der Waals surface area contributed by atoms with E-state index in [9.17, 15) is 4.57 Å². The van der Waals surface area contributed by atoms with Crippen LogP contribution in [0.3, 0.4) is 0 Å². The highest BCUT2D eigenvalue weighted by Gasteiger charge is 2.22. The highest BCUT2D eigenvalue weighted by Crippen LogP contribution is 2.48. The van der Waals surface area contributed by atoms with Crippen molar-refractivity contribution in [3.63, 3.8) is 0 Å². The van der Waals surface area contributed by atoms with Crippen molar-refractivity contribution in [1.82, 2.24) is 0 Å².